The summed E-state index contributed by atoms with van der Waals surface area (Å²) in [5, 5.41) is 8.95. The molecule has 0 aromatic heterocycles. The van der Waals surface area contributed by atoms with Gasteiger partial charge in [0.2, 0.25) is 10.0 Å². The van der Waals surface area contributed by atoms with Crippen LogP contribution in [-0.4, -0.2) is 14.5 Å². The summed E-state index contributed by atoms with van der Waals surface area (Å²) >= 11 is 5.88. The molecule has 0 fully saturated rings. The van der Waals surface area contributed by atoms with Crippen LogP contribution in [0.5, 0.6) is 0 Å². The van der Waals surface area contributed by atoms with Crippen LogP contribution < -0.4 is 4.72 Å². The van der Waals surface area contributed by atoms with Crippen molar-refractivity contribution in [1.29, 1.82) is 5.26 Å². The van der Waals surface area contributed by atoms with Gasteiger partial charge in [-0.25, -0.2) is 13.1 Å². The number of hydrogen-bond acceptors (Lipinski definition) is 3. The standard InChI is InChI=1S/C15H21ClN2O2S/c1-11(2)5-4-6-12(3)18-21(19,20)14-8-7-13(10-17)15(16)9-14/h7-9,11-12,18H,4-6H2,1-3H3. The Balaban J connectivity index is 2.73. The highest BCUT2D eigenvalue weighted by Crippen LogP contribution is 2.20. The summed E-state index contributed by atoms with van der Waals surface area (Å²) in [6, 6.07) is 5.89. The lowest BCUT2D eigenvalue weighted by atomic mass is 10.0. The van der Waals surface area contributed by atoms with Crippen molar-refractivity contribution in [3.63, 3.8) is 0 Å². The van der Waals surface area contributed by atoms with E-state index < -0.39 is 10.0 Å². The predicted octanol–water partition coefficient (Wildman–Crippen LogP) is 3.70. The van der Waals surface area contributed by atoms with E-state index in [1.54, 1.807) is 0 Å². The molecule has 0 aliphatic carbocycles. The van der Waals surface area contributed by atoms with Crippen LogP contribution in [-0.2, 0) is 10.0 Å². The quantitative estimate of drug-likeness (QED) is 0.829. The number of nitrogens with one attached hydrogen (secondary N) is 1. The molecule has 1 aromatic rings. The number of nitrogens with zero attached hydrogens (tertiary/aromatic N) is 1. The summed E-state index contributed by atoms with van der Waals surface area (Å²) in [6.45, 7) is 6.14. The highest BCUT2D eigenvalue weighted by molar-refractivity contribution is 7.89. The second-order valence-electron chi connectivity index (χ2n) is 5.60. The molecule has 0 amide bonds. The first kappa shape index (κ1) is 18.0. The molecule has 1 aromatic carbocycles. The lowest BCUT2D eigenvalue weighted by Gasteiger charge is -2.15. The number of halogens is 1. The second kappa shape index (κ2) is 7.79. The van der Waals surface area contributed by atoms with Gasteiger partial charge in [-0.15, -0.1) is 0 Å². The summed E-state index contributed by atoms with van der Waals surface area (Å²) in [6.07, 6.45) is 2.85. The van der Waals surface area contributed by atoms with Gasteiger partial charge in [0.15, 0.2) is 0 Å². The van der Waals surface area contributed by atoms with Crippen molar-refractivity contribution >= 4 is 21.6 Å². The number of rotatable bonds is 7. The fraction of sp³-hybridized carbons (Fsp3) is 0.533. The molecule has 4 nitrogen and oxygen atoms in total. The Kier molecular flexibility index (Phi) is 6.66. The maximum atomic E-state index is 12.2. The maximum Gasteiger partial charge on any atom is 0.240 e. The molecule has 0 aliphatic rings. The molecule has 1 unspecified atom stereocenters. The van der Waals surface area contributed by atoms with Gasteiger partial charge in [0.05, 0.1) is 15.5 Å². The predicted molar refractivity (Wildman–Crippen MR) is 84.6 cm³/mol. The molecule has 0 radical (unpaired) electrons. The highest BCUT2D eigenvalue weighted by atomic mass is 35.5. The molecule has 21 heavy (non-hydrogen) atoms. The van der Waals surface area contributed by atoms with E-state index in [0.717, 1.165) is 19.3 Å². The van der Waals surface area contributed by atoms with Crippen molar-refractivity contribution in [1.82, 2.24) is 4.72 Å². The Hall–Kier alpha value is -1.09. The van der Waals surface area contributed by atoms with Crippen LogP contribution in [0.2, 0.25) is 5.02 Å². The van der Waals surface area contributed by atoms with Crippen LogP contribution in [0.4, 0.5) is 0 Å². The Bertz CT molecular complexity index is 621. The molecule has 1 rings (SSSR count). The minimum absolute atomic E-state index is 0.0854. The molecule has 0 saturated heterocycles. The smallest absolute Gasteiger partial charge is 0.208 e. The van der Waals surface area contributed by atoms with E-state index >= 15 is 0 Å². The first-order valence-electron chi connectivity index (χ1n) is 6.98. The first-order valence-corrected chi connectivity index (χ1v) is 8.84. The Labute approximate surface area is 132 Å². The van der Waals surface area contributed by atoms with E-state index in [9.17, 15) is 8.42 Å². The van der Waals surface area contributed by atoms with Gasteiger partial charge in [-0.2, -0.15) is 5.26 Å². The van der Waals surface area contributed by atoms with E-state index in [2.05, 4.69) is 18.6 Å². The van der Waals surface area contributed by atoms with Crippen LogP contribution in [0.15, 0.2) is 23.1 Å². The van der Waals surface area contributed by atoms with Gasteiger partial charge in [-0.05, 0) is 37.5 Å². The van der Waals surface area contributed by atoms with Crippen molar-refractivity contribution < 1.29 is 8.42 Å². The minimum Gasteiger partial charge on any atom is -0.208 e. The van der Waals surface area contributed by atoms with Crippen molar-refractivity contribution in [3.05, 3.63) is 28.8 Å². The van der Waals surface area contributed by atoms with Gasteiger partial charge in [0.25, 0.3) is 0 Å². The highest BCUT2D eigenvalue weighted by Gasteiger charge is 2.18. The molecular formula is C15H21ClN2O2S. The third-order valence-electron chi connectivity index (χ3n) is 3.15. The molecule has 0 spiro atoms. The Morgan fingerprint density at radius 2 is 1.95 bits per heavy atom. The number of nitriles is 1. The molecule has 6 heteroatoms. The second-order valence-corrected chi connectivity index (χ2v) is 7.72. The summed E-state index contributed by atoms with van der Waals surface area (Å²) < 4.78 is 27.1. The average Bonchev–Trinajstić information content (AvgIpc) is 2.37. The largest absolute Gasteiger partial charge is 0.240 e. The molecule has 1 N–H and O–H groups in total. The van der Waals surface area contributed by atoms with E-state index in [1.807, 2.05) is 13.0 Å². The zero-order valence-corrected chi connectivity index (χ0v) is 14.1. The van der Waals surface area contributed by atoms with Gasteiger partial charge in [0, 0.05) is 6.04 Å². The summed E-state index contributed by atoms with van der Waals surface area (Å²) in [4.78, 5) is 0.0854. The molecule has 0 aliphatic heterocycles. The average molecular weight is 329 g/mol. The third-order valence-corrected chi connectivity index (χ3v) is 5.05. The number of hydrogen-bond donors (Lipinski definition) is 1. The number of benzene rings is 1. The Morgan fingerprint density at radius 1 is 1.29 bits per heavy atom. The third kappa shape index (κ3) is 5.66. The van der Waals surface area contributed by atoms with E-state index in [1.165, 1.54) is 18.2 Å². The lowest BCUT2D eigenvalue weighted by Crippen LogP contribution is -2.32. The maximum absolute atomic E-state index is 12.2. The molecule has 116 valence electrons. The van der Waals surface area contributed by atoms with Gasteiger partial charge >= 0.3 is 0 Å². The normalized spacial score (nSPS) is 13.1. The molecular weight excluding hydrogens is 308 g/mol. The van der Waals surface area contributed by atoms with E-state index in [-0.39, 0.29) is 21.5 Å². The zero-order chi connectivity index (χ0) is 16.0. The van der Waals surface area contributed by atoms with E-state index in [4.69, 9.17) is 16.9 Å². The van der Waals surface area contributed by atoms with Crippen molar-refractivity contribution in [2.45, 2.75) is 51.0 Å². The minimum atomic E-state index is -3.60. The molecule has 1 atom stereocenters. The fourth-order valence-electron chi connectivity index (χ4n) is 1.98. The molecule has 0 heterocycles. The fourth-order valence-corrected chi connectivity index (χ4v) is 3.57. The SMILES string of the molecule is CC(C)CCCC(C)NS(=O)(=O)c1ccc(C#N)c(Cl)c1. The van der Waals surface area contributed by atoms with Gasteiger partial charge in [-0.3, -0.25) is 0 Å². The summed E-state index contributed by atoms with van der Waals surface area (Å²) in [5.74, 6) is 0.617. The van der Waals surface area contributed by atoms with Crippen molar-refractivity contribution in [3.8, 4) is 6.07 Å². The van der Waals surface area contributed by atoms with Crippen molar-refractivity contribution in [2.75, 3.05) is 0 Å². The zero-order valence-electron chi connectivity index (χ0n) is 12.6. The van der Waals surface area contributed by atoms with Crippen LogP contribution >= 0.6 is 11.6 Å². The topological polar surface area (TPSA) is 70.0 Å². The first-order chi connectivity index (χ1) is 9.76. The van der Waals surface area contributed by atoms with Crippen LogP contribution in [0, 0.1) is 17.2 Å². The van der Waals surface area contributed by atoms with E-state index in [0.29, 0.717) is 5.92 Å². The summed E-state index contributed by atoms with van der Waals surface area (Å²) in [5.41, 5.74) is 0.264. The van der Waals surface area contributed by atoms with Crippen LogP contribution in [0.1, 0.15) is 45.6 Å². The van der Waals surface area contributed by atoms with Crippen LogP contribution in [0.3, 0.4) is 0 Å². The Morgan fingerprint density at radius 3 is 2.48 bits per heavy atom. The lowest BCUT2D eigenvalue weighted by molar-refractivity contribution is 0.488. The van der Waals surface area contributed by atoms with Gasteiger partial charge < -0.3 is 0 Å². The molecule has 0 saturated carbocycles. The monoisotopic (exact) mass is 328 g/mol. The van der Waals surface area contributed by atoms with Gasteiger partial charge in [-0.1, -0.05) is 38.3 Å². The number of sulfonamides is 1. The van der Waals surface area contributed by atoms with Gasteiger partial charge in [0.1, 0.15) is 6.07 Å². The summed E-state index contributed by atoms with van der Waals surface area (Å²) in [7, 11) is -3.60. The molecule has 0 bridgehead atoms. The van der Waals surface area contributed by atoms with Crippen LogP contribution in [0.25, 0.3) is 0 Å². The van der Waals surface area contributed by atoms with Crippen molar-refractivity contribution in [2.24, 2.45) is 5.92 Å².